The molecular weight excluding hydrogens is 452 g/mol. The van der Waals surface area contributed by atoms with Crippen LogP contribution >= 0.6 is 0 Å². The molecule has 0 radical (unpaired) electrons. The lowest BCUT2D eigenvalue weighted by molar-refractivity contribution is -0.137. The van der Waals surface area contributed by atoms with Crippen molar-refractivity contribution in [1.82, 2.24) is 5.32 Å². The fourth-order valence-electron chi connectivity index (χ4n) is 4.69. The molecule has 0 aliphatic heterocycles. The first-order valence-electron chi connectivity index (χ1n) is 12.1. The van der Waals surface area contributed by atoms with E-state index in [1.807, 2.05) is 36.4 Å². The van der Waals surface area contributed by atoms with Crippen molar-refractivity contribution >= 4 is 28.3 Å². The van der Waals surface area contributed by atoms with E-state index in [4.69, 9.17) is 15.6 Å². The SMILES string of the molecule is Nc1ccccc1Oc1ccc(CCCC(=O)O)c(C(=O)NC2(c3cccc4ccccc34)CC2)c1. The van der Waals surface area contributed by atoms with Gasteiger partial charge in [-0.1, -0.05) is 60.7 Å². The molecule has 1 amide bonds. The number of carboxylic acid groups (broad SMARTS) is 1. The highest BCUT2D eigenvalue weighted by Gasteiger charge is 2.46. The van der Waals surface area contributed by atoms with Gasteiger partial charge in [0.05, 0.1) is 11.2 Å². The van der Waals surface area contributed by atoms with Gasteiger partial charge in [-0.05, 0) is 71.8 Å². The highest BCUT2D eigenvalue weighted by atomic mass is 16.5. The van der Waals surface area contributed by atoms with Crippen LogP contribution in [0.1, 0.15) is 47.2 Å². The Morgan fingerprint density at radius 2 is 1.69 bits per heavy atom. The molecule has 0 heterocycles. The van der Waals surface area contributed by atoms with Gasteiger partial charge in [-0.25, -0.2) is 0 Å². The van der Waals surface area contributed by atoms with E-state index in [9.17, 15) is 9.59 Å². The van der Waals surface area contributed by atoms with E-state index in [0.717, 1.165) is 34.7 Å². The van der Waals surface area contributed by atoms with Crippen molar-refractivity contribution in [3.05, 3.63) is 102 Å². The fraction of sp³-hybridized carbons (Fsp3) is 0.200. The van der Waals surface area contributed by atoms with Crippen LogP contribution in [0, 0.1) is 0 Å². The zero-order valence-electron chi connectivity index (χ0n) is 19.9. The maximum absolute atomic E-state index is 13.7. The Morgan fingerprint density at radius 1 is 0.944 bits per heavy atom. The predicted molar refractivity (Wildman–Crippen MR) is 140 cm³/mol. The molecule has 4 N–H and O–H groups in total. The van der Waals surface area contributed by atoms with Crippen molar-refractivity contribution in [2.45, 2.75) is 37.6 Å². The standard InChI is InChI=1S/C30H28N2O4/c31-26-12-3-4-13-27(26)36-22-16-15-21(9-6-14-28(33)34)24(19-22)29(35)32-30(17-18-30)25-11-5-8-20-7-1-2-10-23(20)25/h1-5,7-8,10-13,15-16,19H,6,9,14,17-18,31H2,(H,32,35)(H,33,34). The summed E-state index contributed by atoms with van der Waals surface area (Å²) in [5, 5.41) is 14.6. The third-order valence-electron chi connectivity index (χ3n) is 6.72. The molecule has 0 atom stereocenters. The van der Waals surface area contributed by atoms with Gasteiger partial charge in [0.25, 0.3) is 5.91 Å². The number of aryl methyl sites for hydroxylation is 1. The van der Waals surface area contributed by atoms with Crippen molar-refractivity contribution < 1.29 is 19.4 Å². The van der Waals surface area contributed by atoms with Crippen LogP contribution in [0.15, 0.2) is 84.9 Å². The third-order valence-corrected chi connectivity index (χ3v) is 6.72. The van der Waals surface area contributed by atoms with Crippen LogP contribution in [-0.4, -0.2) is 17.0 Å². The summed E-state index contributed by atoms with van der Waals surface area (Å²) in [6.45, 7) is 0. The highest BCUT2D eigenvalue weighted by Crippen LogP contribution is 2.48. The second-order valence-electron chi connectivity index (χ2n) is 9.27. The fourth-order valence-corrected chi connectivity index (χ4v) is 4.69. The minimum atomic E-state index is -0.853. The Labute approximate surface area is 209 Å². The molecule has 36 heavy (non-hydrogen) atoms. The maximum atomic E-state index is 13.7. The molecular formula is C30H28N2O4. The Balaban J connectivity index is 1.45. The maximum Gasteiger partial charge on any atom is 0.303 e. The molecule has 0 bridgehead atoms. The van der Waals surface area contributed by atoms with Crippen LogP contribution in [0.25, 0.3) is 10.8 Å². The summed E-state index contributed by atoms with van der Waals surface area (Å²) in [5.74, 6) is -0.0439. The van der Waals surface area contributed by atoms with E-state index in [-0.39, 0.29) is 12.3 Å². The summed E-state index contributed by atoms with van der Waals surface area (Å²) in [4.78, 5) is 24.7. The number of rotatable bonds is 9. The number of nitrogens with two attached hydrogens (primary N) is 1. The van der Waals surface area contributed by atoms with Crippen LogP contribution < -0.4 is 15.8 Å². The second kappa shape index (κ2) is 9.74. The number of anilines is 1. The molecule has 1 aliphatic rings. The zero-order valence-corrected chi connectivity index (χ0v) is 19.9. The molecule has 182 valence electrons. The van der Waals surface area contributed by atoms with Crippen LogP contribution in [0.4, 0.5) is 5.69 Å². The van der Waals surface area contributed by atoms with Crippen molar-refractivity contribution in [1.29, 1.82) is 0 Å². The number of benzene rings is 4. The number of nitrogen functional groups attached to an aromatic ring is 1. The summed E-state index contributed by atoms with van der Waals surface area (Å²) in [6.07, 6.45) is 2.68. The Kier molecular flexibility index (Phi) is 6.34. The van der Waals surface area contributed by atoms with Crippen LogP contribution in [-0.2, 0) is 16.8 Å². The lowest BCUT2D eigenvalue weighted by Gasteiger charge is -2.21. The molecule has 0 saturated heterocycles. The van der Waals surface area contributed by atoms with Crippen molar-refractivity contribution in [2.24, 2.45) is 0 Å². The molecule has 4 aromatic rings. The van der Waals surface area contributed by atoms with E-state index in [1.54, 1.807) is 24.3 Å². The third kappa shape index (κ3) is 4.89. The number of aliphatic carboxylic acids is 1. The average Bonchev–Trinajstić information content (AvgIpc) is 3.66. The van der Waals surface area contributed by atoms with Gasteiger partial charge >= 0.3 is 5.97 Å². The number of hydrogen-bond donors (Lipinski definition) is 3. The average molecular weight is 481 g/mol. The first-order chi connectivity index (χ1) is 17.4. The Morgan fingerprint density at radius 3 is 2.47 bits per heavy atom. The molecule has 5 rings (SSSR count). The first kappa shape index (κ1) is 23.4. The van der Waals surface area contributed by atoms with Crippen molar-refractivity contribution in [3.8, 4) is 11.5 Å². The van der Waals surface area contributed by atoms with Gasteiger partial charge in [-0.2, -0.15) is 0 Å². The van der Waals surface area contributed by atoms with Gasteiger partial charge in [-0.3, -0.25) is 9.59 Å². The number of nitrogens with one attached hydrogen (secondary N) is 1. The zero-order chi connectivity index (χ0) is 25.1. The van der Waals surface area contributed by atoms with Gasteiger partial charge in [0.1, 0.15) is 11.5 Å². The molecule has 0 spiro atoms. The Bertz CT molecular complexity index is 1440. The summed E-state index contributed by atoms with van der Waals surface area (Å²) >= 11 is 0. The number of carbonyl (C=O) groups is 2. The molecule has 6 heteroatoms. The van der Waals surface area contributed by atoms with Gasteiger partial charge < -0.3 is 20.9 Å². The molecule has 0 aromatic heterocycles. The minimum absolute atomic E-state index is 0.0415. The number of ether oxygens (including phenoxy) is 1. The monoisotopic (exact) mass is 480 g/mol. The quantitative estimate of drug-likeness (QED) is 0.254. The largest absolute Gasteiger partial charge is 0.481 e. The summed E-state index contributed by atoms with van der Waals surface area (Å²) in [7, 11) is 0. The van der Waals surface area contributed by atoms with Gasteiger partial charge in [-0.15, -0.1) is 0 Å². The summed E-state index contributed by atoms with van der Waals surface area (Å²) in [5.41, 5.74) is 8.50. The van der Waals surface area contributed by atoms with E-state index in [2.05, 4.69) is 29.6 Å². The number of fused-ring (bicyclic) bond motifs is 1. The lowest BCUT2D eigenvalue weighted by atomic mass is 9.95. The molecule has 1 saturated carbocycles. The van der Waals surface area contributed by atoms with E-state index in [0.29, 0.717) is 35.6 Å². The van der Waals surface area contributed by atoms with Crippen LogP contribution in [0.2, 0.25) is 0 Å². The molecule has 1 aliphatic carbocycles. The number of amides is 1. The predicted octanol–water partition coefficient (Wildman–Crippen LogP) is 6.04. The Hall–Kier alpha value is -4.32. The number of carbonyl (C=O) groups excluding carboxylic acids is 1. The van der Waals surface area contributed by atoms with E-state index < -0.39 is 11.5 Å². The second-order valence-corrected chi connectivity index (χ2v) is 9.27. The topological polar surface area (TPSA) is 102 Å². The van der Waals surface area contributed by atoms with Crippen LogP contribution in [0.3, 0.4) is 0 Å². The lowest BCUT2D eigenvalue weighted by Crippen LogP contribution is -2.35. The smallest absolute Gasteiger partial charge is 0.303 e. The number of carboxylic acids is 1. The van der Waals surface area contributed by atoms with E-state index in [1.165, 1.54) is 0 Å². The molecule has 0 unspecified atom stereocenters. The highest BCUT2D eigenvalue weighted by molar-refractivity contribution is 5.98. The first-order valence-corrected chi connectivity index (χ1v) is 12.1. The normalized spacial score (nSPS) is 13.8. The van der Waals surface area contributed by atoms with E-state index >= 15 is 0 Å². The molecule has 6 nitrogen and oxygen atoms in total. The minimum Gasteiger partial charge on any atom is -0.481 e. The number of hydrogen-bond acceptors (Lipinski definition) is 4. The van der Waals surface area contributed by atoms with Gasteiger partial charge in [0.2, 0.25) is 0 Å². The molecule has 4 aromatic carbocycles. The molecule has 1 fully saturated rings. The summed E-state index contributed by atoms with van der Waals surface area (Å²) in [6, 6.07) is 26.9. The van der Waals surface area contributed by atoms with Gasteiger partial charge in [0, 0.05) is 12.0 Å². The van der Waals surface area contributed by atoms with Crippen LogP contribution in [0.5, 0.6) is 11.5 Å². The summed E-state index contributed by atoms with van der Waals surface area (Å²) < 4.78 is 5.99. The number of para-hydroxylation sites is 2. The van der Waals surface area contributed by atoms with Crippen molar-refractivity contribution in [2.75, 3.05) is 5.73 Å². The van der Waals surface area contributed by atoms with Crippen molar-refractivity contribution in [3.63, 3.8) is 0 Å². The van der Waals surface area contributed by atoms with Gasteiger partial charge in [0.15, 0.2) is 0 Å².